The van der Waals surface area contributed by atoms with Gasteiger partial charge in [0.2, 0.25) is 0 Å². The molecule has 0 rings (SSSR count). The number of aliphatic hydroxyl groups excluding tert-OH is 1. The van der Waals surface area contributed by atoms with E-state index in [2.05, 4.69) is 8.85 Å². The number of rotatable bonds is 4. The lowest BCUT2D eigenvalue weighted by Gasteiger charge is -1.96. The number of aliphatic hydroxyl groups is 1. The van der Waals surface area contributed by atoms with Crippen LogP contribution in [0.1, 0.15) is 0 Å². The third-order valence-corrected chi connectivity index (χ3v) is 1.25. The Kier molecular flexibility index (Phi) is 4.48. The Morgan fingerprint density at radius 3 is 2.75 bits per heavy atom. The van der Waals surface area contributed by atoms with Crippen molar-refractivity contribution in [2.75, 3.05) is 20.3 Å². The van der Waals surface area contributed by atoms with Crippen molar-refractivity contribution in [1.82, 2.24) is 0 Å². The minimum atomic E-state index is -2.30. The van der Waals surface area contributed by atoms with Gasteiger partial charge in [-0.05, 0) is 0 Å². The standard InChI is InChI=1S/C3H8O4Si/c1-6-8(5)7-3-2-4/h4H,2-3H2,1H3. The molecule has 1 N–H and O–H groups in total. The fraction of sp³-hybridized carbons (Fsp3) is 1.00. The lowest BCUT2D eigenvalue weighted by molar-refractivity contribution is 0.151. The van der Waals surface area contributed by atoms with Crippen molar-refractivity contribution in [2.45, 2.75) is 0 Å². The summed E-state index contributed by atoms with van der Waals surface area (Å²) >= 11 is 0. The molecule has 0 fully saturated rings. The molecule has 0 saturated heterocycles. The average Bonchev–Trinajstić information content (AvgIpc) is 1.83. The molecule has 0 radical (unpaired) electrons. The molecule has 48 valence electrons. The van der Waals surface area contributed by atoms with E-state index in [1.807, 2.05) is 0 Å². The van der Waals surface area contributed by atoms with Crippen LogP contribution >= 0.6 is 0 Å². The molecule has 4 nitrogen and oxygen atoms in total. The summed E-state index contributed by atoms with van der Waals surface area (Å²) in [5, 5.41) is 8.11. The third kappa shape index (κ3) is 3.76. The van der Waals surface area contributed by atoms with Crippen LogP contribution in [-0.2, 0) is 13.3 Å². The van der Waals surface area contributed by atoms with Crippen LogP contribution in [0.3, 0.4) is 0 Å². The van der Waals surface area contributed by atoms with Crippen LogP contribution in [-0.4, -0.2) is 34.6 Å². The normalized spacial score (nSPS) is 8.25. The Morgan fingerprint density at radius 1 is 1.75 bits per heavy atom. The first-order chi connectivity index (χ1) is 3.81. The van der Waals surface area contributed by atoms with Gasteiger partial charge in [0.25, 0.3) is 0 Å². The Labute approximate surface area is 48.9 Å². The molecule has 0 aromatic rings. The third-order valence-electron chi connectivity index (χ3n) is 0.478. The van der Waals surface area contributed by atoms with E-state index >= 15 is 0 Å². The highest BCUT2D eigenvalue weighted by Gasteiger charge is 2.04. The van der Waals surface area contributed by atoms with Gasteiger partial charge in [0.1, 0.15) is 0 Å². The van der Waals surface area contributed by atoms with E-state index in [1.165, 1.54) is 7.11 Å². The summed E-state index contributed by atoms with van der Waals surface area (Å²) in [6.07, 6.45) is 0. The summed E-state index contributed by atoms with van der Waals surface area (Å²) in [5.74, 6) is 0. The molecule has 5 heteroatoms. The topological polar surface area (TPSA) is 55.8 Å². The molecule has 8 heavy (non-hydrogen) atoms. The maximum absolute atomic E-state index is 10.2. The van der Waals surface area contributed by atoms with Crippen molar-refractivity contribution in [3.63, 3.8) is 0 Å². The van der Waals surface area contributed by atoms with Crippen LogP contribution in [0.2, 0.25) is 0 Å². The zero-order valence-electron chi connectivity index (χ0n) is 4.59. The van der Waals surface area contributed by atoms with Crippen molar-refractivity contribution in [3.8, 4) is 0 Å². The Bertz CT molecular complexity index is 73.7. The highest BCUT2D eigenvalue weighted by molar-refractivity contribution is 6.25. The highest BCUT2D eigenvalue weighted by Crippen LogP contribution is 1.72. The van der Waals surface area contributed by atoms with Crippen molar-refractivity contribution in [1.29, 1.82) is 0 Å². The van der Waals surface area contributed by atoms with Gasteiger partial charge in [0.15, 0.2) is 0 Å². The highest BCUT2D eigenvalue weighted by atomic mass is 28.3. The monoisotopic (exact) mass is 136 g/mol. The molecule has 0 aliphatic heterocycles. The fourth-order valence-corrected chi connectivity index (χ4v) is 0.564. The molecule has 0 aromatic heterocycles. The van der Waals surface area contributed by atoms with Gasteiger partial charge in [-0.25, -0.2) is 0 Å². The summed E-state index contributed by atoms with van der Waals surface area (Å²) in [4.78, 5) is 0. The second-order valence-electron chi connectivity index (χ2n) is 1.03. The van der Waals surface area contributed by atoms with E-state index < -0.39 is 9.17 Å². The van der Waals surface area contributed by atoms with Gasteiger partial charge in [-0.3, -0.25) is 4.46 Å². The zero-order chi connectivity index (χ0) is 6.41. The zero-order valence-corrected chi connectivity index (χ0v) is 5.59. The Balaban J connectivity index is 2.99. The van der Waals surface area contributed by atoms with Gasteiger partial charge >= 0.3 is 9.17 Å². The molecule has 0 atom stereocenters. The number of hydrogen-bond donors (Lipinski definition) is 1. The largest absolute Gasteiger partial charge is 0.767 e. The first-order valence-corrected chi connectivity index (χ1v) is 3.35. The van der Waals surface area contributed by atoms with Gasteiger partial charge in [0, 0.05) is 0 Å². The van der Waals surface area contributed by atoms with Crippen molar-refractivity contribution >= 4 is 9.17 Å². The molecular weight excluding hydrogens is 128 g/mol. The Morgan fingerprint density at radius 2 is 2.38 bits per heavy atom. The number of hydrogen-bond acceptors (Lipinski definition) is 4. The smallest absolute Gasteiger partial charge is 0.499 e. The molecule has 0 heterocycles. The first-order valence-electron chi connectivity index (χ1n) is 2.13. The van der Waals surface area contributed by atoms with Gasteiger partial charge in [-0.1, -0.05) is 0 Å². The van der Waals surface area contributed by atoms with Gasteiger partial charge in [-0.2, -0.15) is 0 Å². The second kappa shape index (κ2) is 4.73. The minimum Gasteiger partial charge on any atom is -0.499 e. The van der Waals surface area contributed by atoms with E-state index in [9.17, 15) is 4.46 Å². The van der Waals surface area contributed by atoms with Crippen LogP contribution in [0.5, 0.6) is 0 Å². The van der Waals surface area contributed by atoms with E-state index in [1.54, 1.807) is 0 Å². The molecule has 0 saturated carbocycles. The second-order valence-corrected chi connectivity index (χ2v) is 2.22. The molecule has 0 aliphatic rings. The molecule has 0 spiro atoms. The summed E-state index contributed by atoms with van der Waals surface area (Å²) in [5.41, 5.74) is 0. The van der Waals surface area contributed by atoms with Crippen LogP contribution in [0.25, 0.3) is 0 Å². The predicted molar refractivity (Wildman–Crippen MR) is 26.5 cm³/mol. The van der Waals surface area contributed by atoms with Crippen molar-refractivity contribution < 1.29 is 18.4 Å². The predicted octanol–water partition coefficient (Wildman–Crippen LogP) is -0.943. The lowest BCUT2D eigenvalue weighted by Crippen LogP contribution is -2.12. The van der Waals surface area contributed by atoms with Crippen LogP contribution in [0.4, 0.5) is 0 Å². The first kappa shape index (κ1) is 7.58. The van der Waals surface area contributed by atoms with E-state index in [-0.39, 0.29) is 13.2 Å². The summed E-state index contributed by atoms with van der Waals surface area (Å²) in [6.45, 7) is -0.0502. The van der Waals surface area contributed by atoms with Gasteiger partial charge in [0.05, 0.1) is 20.3 Å². The molecular formula is C3H8O4Si. The minimum absolute atomic E-state index is 0.0750. The summed E-state index contributed by atoms with van der Waals surface area (Å²) < 4.78 is 18.9. The van der Waals surface area contributed by atoms with E-state index in [4.69, 9.17) is 5.11 Å². The van der Waals surface area contributed by atoms with Crippen LogP contribution in [0.15, 0.2) is 0 Å². The van der Waals surface area contributed by atoms with E-state index in [0.717, 1.165) is 0 Å². The molecule has 0 bridgehead atoms. The maximum Gasteiger partial charge on any atom is 0.767 e. The van der Waals surface area contributed by atoms with Crippen LogP contribution in [0, 0.1) is 0 Å². The van der Waals surface area contributed by atoms with Gasteiger partial charge < -0.3 is 14.0 Å². The molecule has 0 aliphatic carbocycles. The summed E-state index contributed by atoms with van der Waals surface area (Å²) in [7, 11) is -1.01. The van der Waals surface area contributed by atoms with Gasteiger partial charge in [-0.15, -0.1) is 0 Å². The molecule has 0 aromatic carbocycles. The average molecular weight is 136 g/mol. The summed E-state index contributed by atoms with van der Waals surface area (Å²) in [6, 6.07) is 0. The van der Waals surface area contributed by atoms with Crippen molar-refractivity contribution in [3.05, 3.63) is 0 Å². The molecule has 0 amide bonds. The lowest BCUT2D eigenvalue weighted by atomic mass is 10.8. The fourth-order valence-electron chi connectivity index (χ4n) is 0.188. The maximum atomic E-state index is 10.2. The quantitative estimate of drug-likeness (QED) is 0.507. The van der Waals surface area contributed by atoms with Crippen LogP contribution < -0.4 is 0 Å². The van der Waals surface area contributed by atoms with E-state index in [0.29, 0.717) is 0 Å². The van der Waals surface area contributed by atoms with Crippen molar-refractivity contribution in [2.24, 2.45) is 0 Å². The Hall–Kier alpha value is -0.423. The molecule has 0 unspecified atom stereocenters. The SMILES string of the molecule is CO[Si](=O)OCCO.